The lowest BCUT2D eigenvalue weighted by Crippen LogP contribution is -1.98. The third-order valence-corrected chi connectivity index (χ3v) is 3.71. The molecular formula is C17H22FNO. The maximum absolute atomic E-state index is 13.8. The molecule has 0 bridgehead atoms. The van der Waals surface area contributed by atoms with Crippen LogP contribution >= 0.6 is 0 Å². The van der Waals surface area contributed by atoms with Crippen molar-refractivity contribution in [3.63, 3.8) is 0 Å². The summed E-state index contributed by atoms with van der Waals surface area (Å²) in [5, 5.41) is 0.434. The summed E-state index contributed by atoms with van der Waals surface area (Å²) in [6, 6.07) is 4.84. The van der Waals surface area contributed by atoms with E-state index in [4.69, 9.17) is 0 Å². The van der Waals surface area contributed by atoms with Crippen LogP contribution in [-0.2, 0) is 0 Å². The molecule has 0 saturated heterocycles. The lowest BCUT2D eigenvalue weighted by atomic mass is 10.0. The van der Waals surface area contributed by atoms with E-state index in [-0.39, 0.29) is 11.6 Å². The molecule has 0 saturated carbocycles. The number of unbranched alkanes of at least 4 members (excludes halogenated alkanes) is 5. The molecule has 1 aromatic heterocycles. The third kappa shape index (κ3) is 3.47. The van der Waals surface area contributed by atoms with Crippen LogP contribution in [0.4, 0.5) is 4.39 Å². The highest BCUT2D eigenvalue weighted by molar-refractivity contribution is 6.08. The number of H-pyrrole nitrogens is 1. The van der Waals surface area contributed by atoms with Gasteiger partial charge in [0.1, 0.15) is 5.82 Å². The predicted molar refractivity (Wildman–Crippen MR) is 80.6 cm³/mol. The van der Waals surface area contributed by atoms with Crippen LogP contribution in [0.3, 0.4) is 0 Å². The molecule has 1 heterocycles. The van der Waals surface area contributed by atoms with Gasteiger partial charge in [-0.3, -0.25) is 4.79 Å². The highest BCUT2D eigenvalue weighted by Crippen LogP contribution is 2.23. The molecule has 3 heteroatoms. The van der Waals surface area contributed by atoms with E-state index >= 15 is 0 Å². The van der Waals surface area contributed by atoms with E-state index in [1.807, 2.05) is 0 Å². The van der Waals surface area contributed by atoms with Gasteiger partial charge in [-0.15, -0.1) is 0 Å². The molecule has 108 valence electrons. The minimum Gasteiger partial charge on any atom is -0.360 e. The number of halogens is 1. The van der Waals surface area contributed by atoms with E-state index in [1.165, 1.54) is 31.7 Å². The quantitative estimate of drug-likeness (QED) is 0.518. The van der Waals surface area contributed by atoms with E-state index in [1.54, 1.807) is 18.3 Å². The lowest BCUT2D eigenvalue weighted by molar-refractivity contribution is 0.0980. The molecule has 0 unspecified atom stereocenters. The third-order valence-electron chi connectivity index (χ3n) is 3.71. The maximum atomic E-state index is 13.8. The largest absolute Gasteiger partial charge is 0.360 e. The van der Waals surface area contributed by atoms with Gasteiger partial charge in [0.15, 0.2) is 5.78 Å². The highest BCUT2D eigenvalue weighted by atomic mass is 19.1. The molecule has 0 spiro atoms. The minimum atomic E-state index is -0.324. The first-order chi connectivity index (χ1) is 9.74. The number of carbonyl (C=O) groups excluding carboxylic acids is 1. The number of hydrogen-bond acceptors (Lipinski definition) is 1. The Morgan fingerprint density at radius 3 is 2.70 bits per heavy atom. The second kappa shape index (κ2) is 7.22. The second-order valence-electron chi connectivity index (χ2n) is 5.31. The zero-order valence-electron chi connectivity index (χ0n) is 12.0. The molecule has 0 aliphatic heterocycles. The molecule has 1 N–H and O–H groups in total. The van der Waals surface area contributed by atoms with Gasteiger partial charge in [0, 0.05) is 29.1 Å². The Morgan fingerprint density at radius 2 is 1.90 bits per heavy atom. The summed E-state index contributed by atoms with van der Waals surface area (Å²) < 4.78 is 13.8. The van der Waals surface area contributed by atoms with Gasteiger partial charge < -0.3 is 4.98 Å². The van der Waals surface area contributed by atoms with Crippen LogP contribution in [0.15, 0.2) is 24.4 Å². The van der Waals surface area contributed by atoms with E-state index in [0.29, 0.717) is 22.9 Å². The number of ketones is 1. The summed E-state index contributed by atoms with van der Waals surface area (Å²) in [6.07, 6.45) is 9.03. The number of nitrogens with one attached hydrogen (secondary N) is 1. The number of rotatable bonds is 8. The van der Waals surface area contributed by atoms with Crippen molar-refractivity contribution < 1.29 is 9.18 Å². The van der Waals surface area contributed by atoms with E-state index in [2.05, 4.69) is 11.9 Å². The Kier molecular flexibility index (Phi) is 5.33. The van der Waals surface area contributed by atoms with Crippen LogP contribution in [-0.4, -0.2) is 10.8 Å². The summed E-state index contributed by atoms with van der Waals surface area (Å²) in [5.74, 6) is -0.285. The van der Waals surface area contributed by atoms with Crippen LogP contribution in [0.1, 0.15) is 62.2 Å². The average molecular weight is 275 g/mol. The molecule has 2 rings (SSSR count). The zero-order chi connectivity index (χ0) is 14.4. The van der Waals surface area contributed by atoms with E-state index in [0.717, 1.165) is 12.8 Å². The average Bonchev–Trinajstić information content (AvgIpc) is 2.88. The topological polar surface area (TPSA) is 32.9 Å². The Labute approximate surface area is 119 Å². The highest BCUT2D eigenvalue weighted by Gasteiger charge is 2.14. The molecule has 2 aromatic rings. The lowest BCUT2D eigenvalue weighted by Gasteiger charge is -2.01. The van der Waals surface area contributed by atoms with Crippen molar-refractivity contribution in [1.82, 2.24) is 4.98 Å². The van der Waals surface area contributed by atoms with E-state index in [9.17, 15) is 9.18 Å². The molecular weight excluding hydrogens is 253 g/mol. The fourth-order valence-corrected chi connectivity index (χ4v) is 2.56. The van der Waals surface area contributed by atoms with Crippen LogP contribution in [0.25, 0.3) is 10.9 Å². The molecule has 2 nitrogen and oxygen atoms in total. The number of benzene rings is 1. The summed E-state index contributed by atoms with van der Waals surface area (Å²) in [7, 11) is 0. The normalized spacial score (nSPS) is 11.1. The van der Waals surface area contributed by atoms with Crippen molar-refractivity contribution in [1.29, 1.82) is 0 Å². The number of aromatic amines is 1. The van der Waals surface area contributed by atoms with Gasteiger partial charge in [0.2, 0.25) is 0 Å². The summed E-state index contributed by atoms with van der Waals surface area (Å²) in [4.78, 5) is 15.1. The van der Waals surface area contributed by atoms with Crippen LogP contribution in [0.2, 0.25) is 0 Å². The number of carbonyl (C=O) groups is 1. The van der Waals surface area contributed by atoms with E-state index < -0.39 is 0 Å². The van der Waals surface area contributed by atoms with Crippen LogP contribution in [0, 0.1) is 5.82 Å². The van der Waals surface area contributed by atoms with Gasteiger partial charge >= 0.3 is 0 Å². The number of aromatic nitrogens is 1. The Bertz CT molecular complexity index is 573. The van der Waals surface area contributed by atoms with Gasteiger partial charge in [-0.05, 0) is 18.6 Å². The van der Waals surface area contributed by atoms with Gasteiger partial charge in [-0.1, -0.05) is 45.1 Å². The molecule has 0 aliphatic rings. The first-order valence-electron chi connectivity index (χ1n) is 7.53. The van der Waals surface area contributed by atoms with Crippen LogP contribution < -0.4 is 0 Å². The predicted octanol–water partition coefficient (Wildman–Crippen LogP) is 5.24. The Balaban J connectivity index is 1.91. The minimum absolute atomic E-state index is 0.0387. The van der Waals surface area contributed by atoms with Crippen molar-refractivity contribution in [3.8, 4) is 0 Å². The van der Waals surface area contributed by atoms with Gasteiger partial charge in [0.25, 0.3) is 0 Å². The van der Waals surface area contributed by atoms with Crippen molar-refractivity contribution >= 4 is 16.7 Å². The molecule has 0 aliphatic carbocycles. The first kappa shape index (κ1) is 14.8. The van der Waals surface area contributed by atoms with Gasteiger partial charge in [-0.25, -0.2) is 4.39 Å². The smallest absolute Gasteiger partial charge is 0.165 e. The van der Waals surface area contributed by atoms with Gasteiger partial charge in [-0.2, -0.15) is 0 Å². The first-order valence-corrected chi connectivity index (χ1v) is 7.53. The Hall–Kier alpha value is -1.64. The monoisotopic (exact) mass is 275 g/mol. The number of Topliss-reactive ketones (excluding diaryl/α,β-unsaturated/α-hetero) is 1. The van der Waals surface area contributed by atoms with Crippen molar-refractivity contribution in [2.45, 2.75) is 51.9 Å². The maximum Gasteiger partial charge on any atom is 0.165 e. The summed E-state index contributed by atoms with van der Waals surface area (Å²) >= 11 is 0. The molecule has 20 heavy (non-hydrogen) atoms. The zero-order valence-corrected chi connectivity index (χ0v) is 12.0. The van der Waals surface area contributed by atoms with Crippen molar-refractivity contribution in [2.24, 2.45) is 0 Å². The second-order valence-corrected chi connectivity index (χ2v) is 5.31. The molecule has 1 aromatic carbocycles. The number of hydrogen-bond donors (Lipinski definition) is 1. The summed E-state index contributed by atoms with van der Waals surface area (Å²) in [6.45, 7) is 2.19. The fraction of sp³-hybridized carbons (Fsp3) is 0.471. The van der Waals surface area contributed by atoms with Gasteiger partial charge in [0.05, 0.1) is 0 Å². The SMILES string of the molecule is CCCCCCCCC(=O)c1c[nH]c2cccc(F)c12. The fourth-order valence-electron chi connectivity index (χ4n) is 2.56. The summed E-state index contributed by atoms with van der Waals surface area (Å²) in [5.41, 5.74) is 1.18. The standard InChI is InChI=1S/C17H22FNO/c1-2-3-4-5-6-7-11-16(20)13-12-19-15-10-8-9-14(18)17(13)15/h8-10,12,19H,2-7,11H2,1H3. The molecule has 0 fully saturated rings. The van der Waals surface area contributed by atoms with Crippen molar-refractivity contribution in [3.05, 3.63) is 35.8 Å². The Morgan fingerprint density at radius 1 is 1.15 bits per heavy atom. The van der Waals surface area contributed by atoms with Crippen LogP contribution in [0.5, 0.6) is 0 Å². The van der Waals surface area contributed by atoms with Crippen molar-refractivity contribution in [2.75, 3.05) is 0 Å². The molecule has 0 radical (unpaired) electrons. The molecule has 0 atom stereocenters. The number of fused-ring (bicyclic) bond motifs is 1. The molecule has 0 amide bonds.